The molecule has 0 atom stereocenters. The maximum absolute atomic E-state index is 11.4. The van der Waals surface area contributed by atoms with E-state index in [9.17, 15) is 4.79 Å². The lowest BCUT2D eigenvalue weighted by molar-refractivity contribution is 1.11. The van der Waals surface area contributed by atoms with Gasteiger partial charge in [-0.05, 0) is 59.9 Å². The number of nitrogens with zero attached hydrogens (tertiary/aromatic N) is 1. The minimum atomic E-state index is -0.191. The van der Waals surface area contributed by atoms with Crippen LogP contribution in [0.3, 0.4) is 0 Å². The second kappa shape index (κ2) is 4.81. The zero-order valence-corrected chi connectivity index (χ0v) is 12.6. The Morgan fingerprint density at radius 2 is 1.81 bits per heavy atom. The van der Waals surface area contributed by atoms with Gasteiger partial charge < -0.3 is 4.98 Å². The van der Waals surface area contributed by atoms with E-state index < -0.39 is 0 Å². The van der Waals surface area contributed by atoms with Crippen LogP contribution in [-0.4, -0.2) is 9.97 Å². The maximum Gasteiger partial charge on any atom is 0.265 e. The fraction of sp³-hybridized carbons (Fsp3) is 0. The van der Waals surface area contributed by atoms with Crippen molar-refractivity contribution in [2.45, 2.75) is 0 Å². The van der Waals surface area contributed by atoms with Crippen LogP contribution in [0.25, 0.3) is 11.4 Å². The smallest absolute Gasteiger partial charge is 0.265 e. The second-order valence-corrected chi connectivity index (χ2v) is 5.60. The third-order valence-corrected chi connectivity index (χ3v) is 4.39. The summed E-state index contributed by atoms with van der Waals surface area (Å²) in [6, 6.07) is 5.65. The first-order valence-corrected chi connectivity index (χ1v) is 6.66. The van der Waals surface area contributed by atoms with Crippen molar-refractivity contribution >= 4 is 47.8 Å². The van der Waals surface area contributed by atoms with Crippen molar-refractivity contribution in [3.63, 3.8) is 0 Å². The summed E-state index contributed by atoms with van der Waals surface area (Å²) in [5.41, 5.74) is 0.656. The van der Waals surface area contributed by atoms with Crippen LogP contribution in [0.2, 0.25) is 0 Å². The number of rotatable bonds is 1. The summed E-state index contributed by atoms with van der Waals surface area (Å²) >= 11 is 9.89. The van der Waals surface area contributed by atoms with Crippen LogP contribution in [0.15, 0.2) is 42.6 Å². The summed E-state index contributed by atoms with van der Waals surface area (Å²) < 4.78 is 2.29. The molecule has 2 rings (SSSR count). The lowest BCUT2D eigenvalue weighted by Gasteiger charge is -2.02. The number of hydrogen-bond acceptors (Lipinski definition) is 2. The van der Waals surface area contributed by atoms with Crippen LogP contribution in [0.5, 0.6) is 0 Å². The van der Waals surface area contributed by atoms with Crippen molar-refractivity contribution in [3.8, 4) is 11.4 Å². The zero-order chi connectivity index (χ0) is 11.7. The number of aromatic amines is 1. The molecule has 1 heterocycles. The van der Waals surface area contributed by atoms with E-state index in [0.29, 0.717) is 10.3 Å². The van der Waals surface area contributed by atoms with Crippen LogP contribution >= 0.6 is 47.8 Å². The number of halogens is 3. The molecule has 2 aromatic rings. The molecule has 0 bridgehead atoms. The molecule has 0 amide bonds. The average molecular weight is 409 g/mol. The number of nitrogens with one attached hydrogen (secondary N) is 1. The molecule has 0 aliphatic rings. The van der Waals surface area contributed by atoms with E-state index in [1.807, 2.05) is 18.2 Å². The van der Waals surface area contributed by atoms with Gasteiger partial charge >= 0.3 is 0 Å². The Labute approximate surface area is 117 Å². The van der Waals surface area contributed by atoms with Crippen molar-refractivity contribution in [3.05, 3.63) is 48.2 Å². The van der Waals surface area contributed by atoms with Crippen molar-refractivity contribution < 1.29 is 0 Å². The minimum Gasteiger partial charge on any atom is -0.306 e. The third kappa shape index (κ3) is 2.44. The van der Waals surface area contributed by atoms with Crippen molar-refractivity contribution in [2.24, 2.45) is 0 Å². The van der Waals surface area contributed by atoms with Gasteiger partial charge in [-0.25, -0.2) is 4.98 Å². The van der Waals surface area contributed by atoms with Crippen molar-refractivity contribution in [2.75, 3.05) is 0 Å². The van der Waals surface area contributed by atoms with Gasteiger partial charge in [0.25, 0.3) is 5.56 Å². The summed E-state index contributed by atoms with van der Waals surface area (Å²) in [7, 11) is 0. The normalized spacial score (nSPS) is 10.4. The van der Waals surface area contributed by atoms with Gasteiger partial charge in [0.05, 0.1) is 0 Å². The van der Waals surface area contributed by atoms with Crippen LogP contribution in [-0.2, 0) is 0 Å². The molecule has 0 saturated carbocycles. The molecule has 3 nitrogen and oxygen atoms in total. The van der Waals surface area contributed by atoms with E-state index >= 15 is 0 Å². The number of H-pyrrole nitrogens is 1. The molecule has 0 aliphatic carbocycles. The summed E-state index contributed by atoms with van der Waals surface area (Å²) in [4.78, 5) is 18.2. The molecule has 1 N–H and O–H groups in total. The van der Waals surface area contributed by atoms with Crippen molar-refractivity contribution in [1.82, 2.24) is 9.97 Å². The highest BCUT2D eigenvalue weighted by molar-refractivity contribution is 9.13. The van der Waals surface area contributed by atoms with Crippen LogP contribution in [0, 0.1) is 0 Å². The molecule has 0 unspecified atom stereocenters. The Balaban J connectivity index is 2.55. The largest absolute Gasteiger partial charge is 0.306 e. The lowest BCUT2D eigenvalue weighted by Crippen LogP contribution is -2.08. The standard InChI is InChI=1S/C10H5Br3N2O/c11-6-2-1-5(3-7(6)12)9-14-4-8(13)10(16)15-9/h1-4H,(H,14,15,16). The third-order valence-electron chi connectivity index (χ3n) is 1.95. The SMILES string of the molecule is O=c1[nH]c(-c2ccc(Br)c(Br)c2)ncc1Br. The highest BCUT2D eigenvalue weighted by Crippen LogP contribution is 2.27. The molecule has 0 aliphatic heterocycles. The van der Waals surface area contributed by atoms with Gasteiger partial charge in [-0.2, -0.15) is 0 Å². The van der Waals surface area contributed by atoms with Crippen LogP contribution in [0.4, 0.5) is 0 Å². The van der Waals surface area contributed by atoms with Crippen LogP contribution < -0.4 is 5.56 Å². The number of hydrogen-bond donors (Lipinski definition) is 1. The van der Waals surface area contributed by atoms with Crippen LogP contribution in [0.1, 0.15) is 0 Å². The van der Waals surface area contributed by atoms with Gasteiger partial charge in [0, 0.05) is 20.7 Å². The molecule has 0 fully saturated rings. The first-order valence-electron chi connectivity index (χ1n) is 4.28. The highest BCUT2D eigenvalue weighted by atomic mass is 79.9. The Morgan fingerprint density at radius 1 is 1.06 bits per heavy atom. The highest BCUT2D eigenvalue weighted by Gasteiger charge is 2.04. The Hall–Kier alpha value is -0.460. The van der Waals surface area contributed by atoms with Gasteiger partial charge in [0.15, 0.2) is 0 Å². The molecular formula is C10H5Br3N2O. The number of aromatic nitrogens is 2. The molecule has 16 heavy (non-hydrogen) atoms. The van der Waals surface area contributed by atoms with E-state index in [4.69, 9.17) is 0 Å². The Morgan fingerprint density at radius 3 is 2.44 bits per heavy atom. The minimum absolute atomic E-state index is 0.191. The monoisotopic (exact) mass is 406 g/mol. The molecule has 0 spiro atoms. The Kier molecular flexibility index (Phi) is 3.61. The predicted octanol–water partition coefficient (Wildman–Crippen LogP) is 3.72. The van der Waals surface area contributed by atoms with Gasteiger partial charge in [-0.1, -0.05) is 6.07 Å². The van der Waals surface area contributed by atoms with Gasteiger partial charge in [0.1, 0.15) is 10.3 Å². The molecule has 0 radical (unpaired) electrons. The second-order valence-electron chi connectivity index (χ2n) is 3.04. The van der Waals surface area contributed by atoms with E-state index in [1.54, 1.807) is 0 Å². The van der Waals surface area contributed by atoms with Gasteiger partial charge in [0.2, 0.25) is 0 Å². The first-order chi connectivity index (χ1) is 7.58. The van der Waals surface area contributed by atoms with Gasteiger partial charge in [-0.3, -0.25) is 4.79 Å². The fourth-order valence-corrected chi connectivity index (χ4v) is 2.00. The van der Waals surface area contributed by atoms with E-state index in [-0.39, 0.29) is 5.56 Å². The topological polar surface area (TPSA) is 45.8 Å². The predicted molar refractivity (Wildman–Crippen MR) is 73.4 cm³/mol. The summed E-state index contributed by atoms with van der Waals surface area (Å²) in [6.07, 6.45) is 1.49. The summed E-state index contributed by atoms with van der Waals surface area (Å²) in [5.74, 6) is 0.543. The van der Waals surface area contributed by atoms with Crippen molar-refractivity contribution in [1.29, 1.82) is 0 Å². The fourth-order valence-electron chi connectivity index (χ4n) is 1.17. The average Bonchev–Trinajstić information content (AvgIpc) is 2.26. The summed E-state index contributed by atoms with van der Waals surface area (Å²) in [5, 5.41) is 0. The Bertz CT molecular complexity index is 595. The molecule has 1 aromatic heterocycles. The zero-order valence-electron chi connectivity index (χ0n) is 7.80. The van der Waals surface area contributed by atoms with Gasteiger partial charge in [-0.15, -0.1) is 0 Å². The van der Waals surface area contributed by atoms with E-state index in [1.165, 1.54) is 6.20 Å². The lowest BCUT2D eigenvalue weighted by atomic mass is 10.2. The number of benzene rings is 1. The van der Waals surface area contributed by atoms with E-state index in [2.05, 4.69) is 57.8 Å². The molecule has 1 aromatic carbocycles. The van der Waals surface area contributed by atoms with E-state index in [0.717, 1.165) is 14.5 Å². The summed E-state index contributed by atoms with van der Waals surface area (Å²) in [6.45, 7) is 0. The molecular weight excluding hydrogens is 404 g/mol. The quantitative estimate of drug-likeness (QED) is 0.781. The molecule has 82 valence electrons. The maximum atomic E-state index is 11.4. The molecule has 6 heteroatoms. The molecule has 0 saturated heterocycles. The first kappa shape index (κ1) is 12.0.